The van der Waals surface area contributed by atoms with Crippen LogP contribution in [0.15, 0.2) is 44.6 Å². The summed E-state index contributed by atoms with van der Waals surface area (Å²) in [4.78, 5) is 47.5. The predicted molar refractivity (Wildman–Crippen MR) is 123 cm³/mol. The van der Waals surface area contributed by atoms with Crippen LogP contribution in [0, 0.1) is 0 Å². The third-order valence-electron chi connectivity index (χ3n) is 4.68. The standard InChI is InChI=1S/C21H26N6O5S/c1-3-12-33(31,26-15(28)10-11-16(29)32-4-2)20-24-18(22)17-19(25-20)27(21(30)23-17)13-14-8-6-5-7-9-14/h5-9H,3-4,10-13H2,1-2H3,(H,23,30)(H2,22,24,25). The molecule has 3 aromatic rings. The van der Waals surface area contributed by atoms with E-state index in [1.807, 2.05) is 30.3 Å². The SMILES string of the molecule is CCCS(=O)(=NC(=O)CCC(=O)OCC)c1nc(N)c2[nH]c(=O)n(Cc3ccccc3)c2n1. The lowest BCUT2D eigenvalue weighted by atomic mass is 10.2. The van der Waals surface area contributed by atoms with Crippen molar-refractivity contribution < 1.29 is 18.5 Å². The molecule has 2 heterocycles. The molecule has 3 N–H and O–H groups in total. The van der Waals surface area contributed by atoms with E-state index in [-0.39, 0.29) is 53.9 Å². The number of aromatic nitrogens is 4. The third kappa shape index (κ3) is 5.64. The zero-order chi connectivity index (χ0) is 24.0. The second kappa shape index (κ2) is 10.4. The second-order valence-electron chi connectivity index (χ2n) is 7.23. The van der Waals surface area contributed by atoms with E-state index < -0.39 is 27.3 Å². The fraction of sp³-hybridized carbons (Fsp3) is 0.381. The summed E-state index contributed by atoms with van der Waals surface area (Å²) in [6.45, 7) is 3.85. The average Bonchev–Trinajstić information content (AvgIpc) is 3.09. The molecule has 0 bridgehead atoms. The van der Waals surface area contributed by atoms with Gasteiger partial charge in [-0.1, -0.05) is 37.3 Å². The Labute approximate surface area is 190 Å². The number of nitrogens with one attached hydrogen (secondary N) is 1. The number of imidazole rings is 1. The Kier molecular flexibility index (Phi) is 7.59. The molecule has 1 unspecified atom stereocenters. The number of hydrogen-bond donors (Lipinski definition) is 2. The number of ether oxygens (including phenoxy) is 1. The molecule has 0 saturated heterocycles. The lowest BCUT2D eigenvalue weighted by molar-refractivity contribution is -0.144. The number of nitrogens with zero attached hydrogens (tertiary/aromatic N) is 4. The van der Waals surface area contributed by atoms with Crippen molar-refractivity contribution in [1.29, 1.82) is 0 Å². The van der Waals surface area contributed by atoms with Gasteiger partial charge in [0.15, 0.2) is 11.5 Å². The highest BCUT2D eigenvalue weighted by molar-refractivity contribution is 7.93. The Morgan fingerprint density at radius 2 is 1.91 bits per heavy atom. The third-order valence-corrected chi connectivity index (χ3v) is 6.89. The number of H-pyrrole nitrogens is 1. The van der Waals surface area contributed by atoms with Gasteiger partial charge in [-0.3, -0.25) is 14.2 Å². The number of carbonyl (C=O) groups is 2. The number of aromatic amines is 1. The Bertz CT molecular complexity index is 1340. The van der Waals surface area contributed by atoms with Crippen LogP contribution in [0.1, 0.15) is 38.7 Å². The van der Waals surface area contributed by atoms with E-state index in [1.54, 1.807) is 13.8 Å². The molecule has 0 spiro atoms. The zero-order valence-corrected chi connectivity index (χ0v) is 19.3. The minimum Gasteiger partial charge on any atom is -0.466 e. The number of nitrogen functional groups attached to an aromatic ring is 1. The number of hydrogen-bond acceptors (Lipinski definition) is 8. The molecule has 0 aliphatic carbocycles. The fourth-order valence-corrected chi connectivity index (χ4v) is 4.99. The van der Waals surface area contributed by atoms with Gasteiger partial charge in [0.1, 0.15) is 15.2 Å². The van der Waals surface area contributed by atoms with Crippen molar-refractivity contribution >= 4 is 38.6 Å². The van der Waals surface area contributed by atoms with Crippen molar-refractivity contribution in [3.8, 4) is 0 Å². The number of rotatable bonds is 9. The highest BCUT2D eigenvalue weighted by Gasteiger charge is 2.23. The Hall–Kier alpha value is -3.54. The monoisotopic (exact) mass is 474 g/mol. The molecule has 3 rings (SSSR count). The summed E-state index contributed by atoms with van der Waals surface area (Å²) >= 11 is 0. The summed E-state index contributed by atoms with van der Waals surface area (Å²) in [6, 6.07) is 9.26. The molecule has 0 saturated carbocycles. The van der Waals surface area contributed by atoms with E-state index in [4.69, 9.17) is 10.5 Å². The maximum Gasteiger partial charge on any atom is 0.328 e. The molecule has 0 aliphatic rings. The summed E-state index contributed by atoms with van der Waals surface area (Å²) in [5, 5.41) is -0.223. The van der Waals surface area contributed by atoms with Gasteiger partial charge >= 0.3 is 11.7 Å². The first-order chi connectivity index (χ1) is 15.8. The maximum absolute atomic E-state index is 13.7. The number of amides is 1. The van der Waals surface area contributed by atoms with E-state index in [0.717, 1.165) is 5.56 Å². The van der Waals surface area contributed by atoms with Gasteiger partial charge in [0.25, 0.3) is 5.91 Å². The van der Waals surface area contributed by atoms with Crippen molar-refractivity contribution in [2.24, 2.45) is 4.36 Å². The van der Waals surface area contributed by atoms with Gasteiger partial charge in [-0.05, 0) is 18.9 Å². The number of esters is 1. The van der Waals surface area contributed by atoms with Crippen LogP contribution in [0.2, 0.25) is 0 Å². The van der Waals surface area contributed by atoms with Gasteiger partial charge in [0.2, 0.25) is 5.16 Å². The molecule has 0 fully saturated rings. The largest absolute Gasteiger partial charge is 0.466 e. The zero-order valence-electron chi connectivity index (χ0n) is 18.4. The topological polar surface area (TPSA) is 162 Å². The fourth-order valence-electron chi connectivity index (χ4n) is 3.19. The van der Waals surface area contributed by atoms with Gasteiger partial charge in [0, 0.05) is 12.2 Å². The van der Waals surface area contributed by atoms with Crippen LogP contribution in [-0.4, -0.2) is 48.0 Å². The lowest BCUT2D eigenvalue weighted by Gasteiger charge is -2.10. The number of carbonyl (C=O) groups excluding carboxylic acids is 2. The highest BCUT2D eigenvalue weighted by Crippen LogP contribution is 2.20. The van der Waals surface area contributed by atoms with Crippen molar-refractivity contribution in [3.05, 3.63) is 46.4 Å². The summed E-state index contributed by atoms with van der Waals surface area (Å²) in [5.74, 6) is -1.32. The summed E-state index contributed by atoms with van der Waals surface area (Å²) in [6.07, 6.45) is 0.00710. The van der Waals surface area contributed by atoms with Crippen LogP contribution in [0.25, 0.3) is 11.2 Å². The molecule has 11 nitrogen and oxygen atoms in total. The van der Waals surface area contributed by atoms with Crippen molar-refractivity contribution in [2.45, 2.75) is 44.8 Å². The minimum absolute atomic E-state index is 0.0104. The van der Waals surface area contributed by atoms with Gasteiger partial charge in [-0.15, -0.1) is 0 Å². The quantitative estimate of drug-likeness (QED) is 0.351. The first kappa shape index (κ1) is 24.1. The van der Waals surface area contributed by atoms with Gasteiger partial charge in [-0.25, -0.2) is 14.0 Å². The molecule has 12 heteroatoms. The van der Waals surface area contributed by atoms with Gasteiger partial charge < -0.3 is 15.5 Å². The minimum atomic E-state index is -3.38. The maximum atomic E-state index is 13.7. The molecular formula is C21H26N6O5S. The summed E-state index contributed by atoms with van der Waals surface area (Å²) in [7, 11) is -3.38. The molecule has 0 aliphatic heterocycles. The number of benzene rings is 1. The molecule has 1 atom stereocenters. The van der Waals surface area contributed by atoms with Crippen LogP contribution in [-0.2, 0) is 30.6 Å². The lowest BCUT2D eigenvalue weighted by Crippen LogP contribution is -2.19. The Balaban J connectivity index is 2.04. The van der Waals surface area contributed by atoms with Crippen LogP contribution in [0.5, 0.6) is 0 Å². The van der Waals surface area contributed by atoms with Gasteiger partial charge in [-0.2, -0.15) is 9.35 Å². The van der Waals surface area contributed by atoms with Gasteiger partial charge in [0.05, 0.1) is 19.6 Å². The van der Waals surface area contributed by atoms with E-state index in [2.05, 4.69) is 19.3 Å². The van der Waals surface area contributed by atoms with Crippen LogP contribution >= 0.6 is 0 Å². The van der Waals surface area contributed by atoms with E-state index in [1.165, 1.54) is 4.57 Å². The predicted octanol–water partition coefficient (Wildman–Crippen LogP) is 1.86. The second-order valence-corrected chi connectivity index (χ2v) is 9.46. The van der Waals surface area contributed by atoms with Crippen molar-refractivity contribution in [1.82, 2.24) is 19.5 Å². The molecule has 33 heavy (non-hydrogen) atoms. The van der Waals surface area contributed by atoms with E-state index in [0.29, 0.717) is 6.42 Å². The van der Waals surface area contributed by atoms with E-state index >= 15 is 0 Å². The molecule has 0 radical (unpaired) electrons. The number of anilines is 1. The smallest absolute Gasteiger partial charge is 0.328 e. The van der Waals surface area contributed by atoms with Crippen molar-refractivity contribution in [2.75, 3.05) is 18.1 Å². The summed E-state index contributed by atoms with van der Waals surface area (Å²) in [5.41, 5.74) is 6.83. The first-order valence-corrected chi connectivity index (χ1v) is 12.2. The normalized spacial score (nSPS) is 12.9. The van der Waals surface area contributed by atoms with Crippen molar-refractivity contribution in [3.63, 3.8) is 0 Å². The summed E-state index contributed by atoms with van der Waals surface area (Å²) < 4.78 is 23.7. The van der Waals surface area contributed by atoms with E-state index in [9.17, 15) is 18.6 Å². The molecule has 2 aromatic heterocycles. The van der Waals surface area contributed by atoms with Crippen LogP contribution < -0.4 is 11.4 Å². The Morgan fingerprint density at radius 1 is 1.18 bits per heavy atom. The first-order valence-electron chi connectivity index (χ1n) is 10.5. The Morgan fingerprint density at radius 3 is 2.58 bits per heavy atom. The van der Waals surface area contributed by atoms with Crippen LogP contribution in [0.4, 0.5) is 5.82 Å². The average molecular weight is 475 g/mol. The number of nitrogens with two attached hydrogens (primary N) is 1. The molecule has 1 amide bonds. The van der Waals surface area contributed by atoms with Crippen LogP contribution in [0.3, 0.4) is 0 Å². The molecular weight excluding hydrogens is 448 g/mol. The molecule has 1 aromatic carbocycles. The number of fused-ring (bicyclic) bond motifs is 1. The highest BCUT2D eigenvalue weighted by atomic mass is 32.2. The molecule has 176 valence electrons.